The minimum Gasteiger partial charge on any atom is -0.497 e. The van der Waals surface area contributed by atoms with Crippen molar-refractivity contribution in [2.75, 3.05) is 20.3 Å². The number of carbonyl (C=O) groups is 1. The molecule has 106 valence electrons. The fourth-order valence-electron chi connectivity index (χ4n) is 1.51. The van der Waals surface area contributed by atoms with Gasteiger partial charge in [0.1, 0.15) is 31.0 Å². The van der Waals surface area contributed by atoms with E-state index in [1.54, 1.807) is 13.2 Å². The Bertz CT molecular complexity index is 544. The van der Waals surface area contributed by atoms with Crippen molar-refractivity contribution in [3.8, 4) is 11.5 Å². The molecule has 0 atom stereocenters. The zero-order chi connectivity index (χ0) is 14.2. The maximum absolute atomic E-state index is 11.5. The van der Waals surface area contributed by atoms with E-state index < -0.39 is 0 Å². The van der Waals surface area contributed by atoms with Gasteiger partial charge >= 0.3 is 0 Å². The number of hydrogen-bond donors (Lipinski definition) is 1. The largest absolute Gasteiger partial charge is 0.497 e. The van der Waals surface area contributed by atoms with Crippen LogP contribution in [0.5, 0.6) is 11.5 Å². The summed E-state index contributed by atoms with van der Waals surface area (Å²) < 4.78 is 11.9. The lowest BCUT2D eigenvalue weighted by atomic mass is 10.3. The van der Waals surface area contributed by atoms with E-state index in [0.717, 1.165) is 5.75 Å². The summed E-state index contributed by atoms with van der Waals surface area (Å²) in [5.41, 5.74) is 0. The van der Waals surface area contributed by atoms with Crippen LogP contribution < -0.4 is 14.8 Å². The molecule has 0 aliphatic heterocycles. The molecule has 2 aromatic rings. The smallest absolute Gasteiger partial charge is 0.241 e. The predicted octanol–water partition coefficient (Wildman–Crippen LogP) is -0.123. The van der Waals surface area contributed by atoms with Crippen molar-refractivity contribution < 1.29 is 14.3 Å². The molecule has 0 saturated carbocycles. The average Bonchev–Trinajstić information content (AvgIpc) is 2.97. The molecule has 8 nitrogen and oxygen atoms in total. The Morgan fingerprint density at radius 3 is 3.00 bits per heavy atom. The molecule has 0 aliphatic rings. The van der Waals surface area contributed by atoms with Crippen LogP contribution in [0, 0.1) is 0 Å². The molecule has 1 aromatic heterocycles. The van der Waals surface area contributed by atoms with Crippen LogP contribution in [-0.2, 0) is 11.3 Å². The van der Waals surface area contributed by atoms with Crippen molar-refractivity contribution in [3.63, 3.8) is 0 Å². The number of nitrogens with one attached hydrogen (secondary N) is 1. The summed E-state index contributed by atoms with van der Waals surface area (Å²) >= 11 is 0. The van der Waals surface area contributed by atoms with Crippen LogP contribution in [0.2, 0.25) is 0 Å². The van der Waals surface area contributed by atoms with Crippen molar-refractivity contribution in [2.24, 2.45) is 0 Å². The van der Waals surface area contributed by atoms with Gasteiger partial charge in [0.2, 0.25) is 5.91 Å². The van der Waals surface area contributed by atoms with Crippen LogP contribution in [-0.4, -0.2) is 46.4 Å². The van der Waals surface area contributed by atoms with Crippen LogP contribution >= 0.6 is 0 Å². The van der Waals surface area contributed by atoms with Gasteiger partial charge in [-0.25, -0.2) is 4.68 Å². The molecule has 1 aromatic carbocycles. The second-order valence-electron chi connectivity index (χ2n) is 3.88. The number of carbonyl (C=O) groups excluding carboxylic acids is 1. The molecule has 8 heteroatoms. The molecule has 1 N–H and O–H groups in total. The van der Waals surface area contributed by atoms with Crippen LogP contribution in [0.25, 0.3) is 0 Å². The predicted molar refractivity (Wildman–Crippen MR) is 69.3 cm³/mol. The van der Waals surface area contributed by atoms with Gasteiger partial charge in [0.25, 0.3) is 0 Å². The fraction of sp³-hybridized carbons (Fsp3) is 0.333. The van der Waals surface area contributed by atoms with Crippen molar-refractivity contribution in [2.45, 2.75) is 6.54 Å². The second-order valence-corrected chi connectivity index (χ2v) is 3.88. The number of aromatic nitrogens is 4. The van der Waals surface area contributed by atoms with Gasteiger partial charge in [-0.2, -0.15) is 0 Å². The highest BCUT2D eigenvalue weighted by Crippen LogP contribution is 2.18. The number of methoxy groups -OCH3 is 1. The summed E-state index contributed by atoms with van der Waals surface area (Å²) in [5.74, 6) is 1.25. The lowest BCUT2D eigenvalue weighted by molar-refractivity contribution is -0.121. The Kier molecular flexibility index (Phi) is 4.87. The minimum atomic E-state index is -0.174. The molecule has 0 spiro atoms. The SMILES string of the molecule is COc1cccc(OCCNC(=O)Cn2cnnn2)c1. The van der Waals surface area contributed by atoms with Gasteiger partial charge in [-0.15, -0.1) is 5.10 Å². The standard InChI is InChI=1S/C12H15N5O3/c1-19-10-3-2-4-11(7-10)20-6-5-13-12(18)8-17-9-14-15-16-17/h2-4,7,9H,5-6,8H2,1H3,(H,13,18). The molecule has 1 amide bonds. The summed E-state index contributed by atoms with van der Waals surface area (Å²) in [7, 11) is 1.60. The zero-order valence-electron chi connectivity index (χ0n) is 11.0. The van der Waals surface area contributed by atoms with Gasteiger partial charge in [-0.05, 0) is 22.6 Å². The van der Waals surface area contributed by atoms with E-state index in [4.69, 9.17) is 9.47 Å². The van der Waals surface area contributed by atoms with Crippen molar-refractivity contribution in [1.29, 1.82) is 0 Å². The third-order valence-electron chi connectivity index (χ3n) is 2.43. The fourth-order valence-corrected chi connectivity index (χ4v) is 1.51. The number of benzene rings is 1. The van der Waals surface area contributed by atoms with Gasteiger partial charge in [0, 0.05) is 6.07 Å². The highest BCUT2D eigenvalue weighted by atomic mass is 16.5. The van der Waals surface area contributed by atoms with E-state index >= 15 is 0 Å². The van der Waals surface area contributed by atoms with E-state index in [1.165, 1.54) is 11.0 Å². The Morgan fingerprint density at radius 1 is 1.40 bits per heavy atom. The summed E-state index contributed by atoms with van der Waals surface area (Å²) in [6.07, 6.45) is 1.38. The molecular weight excluding hydrogens is 262 g/mol. The van der Waals surface area contributed by atoms with Crippen molar-refractivity contribution in [1.82, 2.24) is 25.5 Å². The lowest BCUT2D eigenvalue weighted by Gasteiger charge is -2.08. The highest BCUT2D eigenvalue weighted by molar-refractivity contribution is 5.75. The monoisotopic (exact) mass is 277 g/mol. The first kappa shape index (κ1) is 13.8. The Hall–Kier alpha value is -2.64. The van der Waals surface area contributed by atoms with Gasteiger partial charge in [-0.3, -0.25) is 4.79 Å². The first-order valence-corrected chi connectivity index (χ1v) is 6.02. The Labute approximate surface area is 115 Å². The normalized spacial score (nSPS) is 10.1. The van der Waals surface area contributed by atoms with Gasteiger partial charge in [-0.1, -0.05) is 6.07 Å². The van der Waals surface area contributed by atoms with Crippen LogP contribution in [0.1, 0.15) is 0 Å². The first-order chi connectivity index (χ1) is 9.78. The molecule has 0 radical (unpaired) electrons. The topological polar surface area (TPSA) is 91.2 Å². The Balaban J connectivity index is 1.67. The third-order valence-corrected chi connectivity index (χ3v) is 2.43. The van der Waals surface area contributed by atoms with E-state index in [2.05, 4.69) is 20.8 Å². The maximum atomic E-state index is 11.5. The molecule has 0 bridgehead atoms. The highest BCUT2D eigenvalue weighted by Gasteiger charge is 2.03. The molecule has 0 unspecified atom stereocenters. The molecule has 0 aliphatic carbocycles. The molecule has 0 fully saturated rings. The summed E-state index contributed by atoms with van der Waals surface area (Å²) in [4.78, 5) is 11.5. The molecular formula is C12H15N5O3. The number of rotatable bonds is 7. The van der Waals surface area contributed by atoms with E-state index in [-0.39, 0.29) is 12.5 Å². The van der Waals surface area contributed by atoms with Crippen LogP contribution in [0.3, 0.4) is 0 Å². The minimum absolute atomic E-state index is 0.0894. The summed E-state index contributed by atoms with van der Waals surface area (Å²) in [6, 6.07) is 7.28. The molecule has 20 heavy (non-hydrogen) atoms. The second kappa shape index (κ2) is 7.07. The van der Waals surface area contributed by atoms with Crippen LogP contribution in [0.15, 0.2) is 30.6 Å². The third kappa shape index (κ3) is 4.23. The molecule has 2 rings (SSSR count). The maximum Gasteiger partial charge on any atom is 0.241 e. The molecule has 0 saturated heterocycles. The zero-order valence-corrected chi connectivity index (χ0v) is 11.0. The van der Waals surface area contributed by atoms with Crippen molar-refractivity contribution >= 4 is 5.91 Å². The first-order valence-electron chi connectivity index (χ1n) is 6.02. The van der Waals surface area contributed by atoms with E-state index in [0.29, 0.717) is 18.9 Å². The summed E-state index contributed by atoms with van der Waals surface area (Å²) in [6.45, 7) is 0.860. The molecule has 1 heterocycles. The number of ether oxygens (including phenoxy) is 2. The number of hydrogen-bond acceptors (Lipinski definition) is 6. The van der Waals surface area contributed by atoms with Gasteiger partial charge < -0.3 is 14.8 Å². The number of nitrogens with zero attached hydrogens (tertiary/aromatic N) is 4. The summed E-state index contributed by atoms with van der Waals surface area (Å²) in [5, 5.41) is 13.2. The van der Waals surface area contributed by atoms with Gasteiger partial charge in [0.05, 0.1) is 13.7 Å². The Morgan fingerprint density at radius 2 is 2.25 bits per heavy atom. The quantitative estimate of drug-likeness (QED) is 0.709. The van der Waals surface area contributed by atoms with E-state index in [1.807, 2.05) is 18.2 Å². The van der Waals surface area contributed by atoms with Crippen molar-refractivity contribution in [3.05, 3.63) is 30.6 Å². The number of amides is 1. The van der Waals surface area contributed by atoms with Gasteiger partial charge in [0.15, 0.2) is 0 Å². The number of tetrazole rings is 1. The van der Waals surface area contributed by atoms with Crippen LogP contribution in [0.4, 0.5) is 0 Å². The van der Waals surface area contributed by atoms with E-state index in [9.17, 15) is 4.79 Å². The lowest BCUT2D eigenvalue weighted by Crippen LogP contribution is -2.31. The average molecular weight is 277 g/mol.